The lowest BCUT2D eigenvalue weighted by molar-refractivity contribution is -0.126. The van der Waals surface area contributed by atoms with Crippen LogP contribution in [0.25, 0.3) is 0 Å². The van der Waals surface area contributed by atoms with Gasteiger partial charge in [-0.25, -0.2) is 0 Å². The highest BCUT2D eigenvalue weighted by molar-refractivity contribution is 5.79. The predicted molar refractivity (Wildman–Crippen MR) is 83.8 cm³/mol. The monoisotopic (exact) mass is 331 g/mol. The van der Waals surface area contributed by atoms with Gasteiger partial charge in [0.05, 0.1) is 37.1 Å². The Kier molecular flexibility index (Phi) is 4.12. The molecule has 0 saturated carbocycles. The van der Waals surface area contributed by atoms with Gasteiger partial charge < -0.3 is 19.0 Å². The minimum absolute atomic E-state index is 0.0398. The fourth-order valence-electron chi connectivity index (χ4n) is 3.63. The van der Waals surface area contributed by atoms with E-state index in [0.717, 1.165) is 36.8 Å². The molecule has 2 aliphatic rings. The van der Waals surface area contributed by atoms with E-state index < -0.39 is 0 Å². The third-order valence-electron chi connectivity index (χ3n) is 4.81. The van der Waals surface area contributed by atoms with Crippen LogP contribution in [0.15, 0.2) is 33.4 Å². The molecule has 4 rings (SSSR count). The standard InChI is InChI=1S/C17H21N3O4/c1-11-5-12(19-24-11)7-20-8-14-15(10-23-16(14)9-20)17(21)18-6-13-3-2-4-22-13/h2-5,14-16H,6-10H2,1H3,(H,18,21)/t14-,15+,16-/m0/s1. The van der Waals surface area contributed by atoms with Crippen molar-refractivity contribution in [1.29, 1.82) is 0 Å². The summed E-state index contributed by atoms with van der Waals surface area (Å²) in [6, 6.07) is 5.62. The number of carbonyl (C=O) groups is 1. The zero-order valence-corrected chi connectivity index (χ0v) is 13.6. The molecular weight excluding hydrogens is 310 g/mol. The molecule has 2 aromatic heterocycles. The van der Waals surface area contributed by atoms with Crippen LogP contribution in [0.3, 0.4) is 0 Å². The normalized spacial score (nSPS) is 26.6. The third-order valence-corrected chi connectivity index (χ3v) is 4.81. The highest BCUT2D eigenvalue weighted by Crippen LogP contribution is 2.34. The maximum atomic E-state index is 12.5. The number of nitrogens with zero attached hydrogens (tertiary/aromatic N) is 2. The van der Waals surface area contributed by atoms with Crippen LogP contribution in [0.4, 0.5) is 0 Å². The number of aromatic nitrogens is 1. The van der Waals surface area contributed by atoms with E-state index in [1.54, 1.807) is 6.26 Å². The Hall–Kier alpha value is -2.12. The van der Waals surface area contributed by atoms with Gasteiger partial charge in [-0.3, -0.25) is 9.69 Å². The molecule has 2 aliphatic heterocycles. The van der Waals surface area contributed by atoms with Crippen LogP contribution < -0.4 is 5.32 Å². The molecule has 2 aromatic rings. The van der Waals surface area contributed by atoms with Crippen LogP contribution in [0, 0.1) is 18.8 Å². The van der Waals surface area contributed by atoms with Crippen molar-refractivity contribution in [1.82, 2.24) is 15.4 Å². The topological polar surface area (TPSA) is 80.7 Å². The summed E-state index contributed by atoms with van der Waals surface area (Å²) in [6.45, 7) is 5.21. The van der Waals surface area contributed by atoms with Crippen LogP contribution in [0.2, 0.25) is 0 Å². The molecule has 2 fully saturated rings. The fourth-order valence-corrected chi connectivity index (χ4v) is 3.63. The molecule has 4 heterocycles. The number of carbonyl (C=O) groups excluding carboxylic acids is 1. The molecule has 7 nitrogen and oxygen atoms in total. The molecule has 0 bridgehead atoms. The minimum Gasteiger partial charge on any atom is -0.467 e. The molecule has 0 spiro atoms. The molecule has 0 aliphatic carbocycles. The van der Waals surface area contributed by atoms with E-state index in [1.165, 1.54) is 0 Å². The average molecular weight is 331 g/mol. The van der Waals surface area contributed by atoms with Gasteiger partial charge in [0.15, 0.2) is 0 Å². The Morgan fingerprint density at radius 3 is 3.12 bits per heavy atom. The Labute approximate surface area is 139 Å². The Morgan fingerprint density at radius 1 is 1.46 bits per heavy atom. The number of rotatable bonds is 5. The number of amides is 1. The van der Waals surface area contributed by atoms with Gasteiger partial charge in [-0.1, -0.05) is 5.16 Å². The first kappa shape index (κ1) is 15.4. The number of ether oxygens (including phenoxy) is 1. The summed E-state index contributed by atoms with van der Waals surface area (Å²) < 4.78 is 16.2. The van der Waals surface area contributed by atoms with E-state index in [2.05, 4.69) is 15.4 Å². The van der Waals surface area contributed by atoms with Crippen molar-refractivity contribution in [2.24, 2.45) is 11.8 Å². The molecule has 128 valence electrons. The van der Waals surface area contributed by atoms with Crippen molar-refractivity contribution in [2.75, 3.05) is 19.7 Å². The number of hydrogen-bond acceptors (Lipinski definition) is 6. The number of furan rings is 1. The molecule has 0 unspecified atom stereocenters. The van der Waals surface area contributed by atoms with Gasteiger partial charge in [0.1, 0.15) is 11.5 Å². The largest absolute Gasteiger partial charge is 0.467 e. The molecule has 24 heavy (non-hydrogen) atoms. The smallest absolute Gasteiger partial charge is 0.226 e. The second-order valence-corrected chi connectivity index (χ2v) is 6.56. The summed E-state index contributed by atoms with van der Waals surface area (Å²) in [6.07, 6.45) is 1.73. The Morgan fingerprint density at radius 2 is 2.38 bits per heavy atom. The first-order chi connectivity index (χ1) is 11.7. The second-order valence-electron chi connectivity index (χ2n) is 6.56. The van der Waals surface area contributed by atoms with Gasteiger partial charge >= 0.3 is 0 Å². The van der Waals surface area contributed by atoms with Crippen LogP contribution in [-0.2, 0) is 22.6 Å². The van der Waals surface area contributed by atoms with Crippen LogP contribution in [0.1, 0.15) is 17.2 Å². The molecule has 3 atom stereocenters. The van der Waals surface area contributed by atoms with Crippen molar-refractivity contribution >= 4 is 5.91 Å². The number of likely N-dealkylation sites (tertiary alicyclic amines) is 1. The molecule has 1 N–H and O–H groups in total. The van der Waals surface area contributed by atoms with Crippen molar-refractivity contribution in [2.45, 2.75) is 26.1 Å². The molecular formula is C17H21N3O4. The first-order valence-electron chi connectivity index (χ1n) is 8.25. The van der Waals surface area contributed by atoms with Gasteiger partial charge in [-0.2, -0.15) is 0 Å². The average Bonchev–Trinajstić information content (AvgIpc) is 3.30. The van der Waals surface area contributed by atoms with Crippen LogP contribution in [-0.4, -0.2) is 41.8 Å². The van der Waals surface area contributed by atoms with Gasteiger partial charge in [0.25, 0.3) is 0 Å². The summed E-state index contributed by atoms with van der Waals surface area (Å²) in [5, 5.41) is 6.99. The number of aryl methyl sites for hydroxylation is 1. The van der Waals surface area contributed by atoms with Crippen molar-refractivity contribution in [3.8, 4) is 0 Å². The van der Waals surface area contributed by atoms with Crippen LogP contribution >= 0.6 is 0 Å². The van der Waals surface area contributed by atoms with E-state index in [0.29, 0.717) is 13.2 Å². The summed E-state index contributed by atoms with van der Waals surface area (Å²) in [5.41, 5.74) is 0.922. The quantitative estimate of drug-likeness (QED) is 0.890. The molecule has 1 amide bonds. The lowest BCUT2D eigenvalue weighted by Crippen LogP contribution is -2.36. The van der Waals surface area contributed by atoms with Gasteiger partial charge in [-0.15, -0.1) is 0 Å². The SMILES string of the molecule is Cc1cc(CN2C[C@@H]3[C@H](C2)OC[C@H]3C(=O)NCc2ccco2)no1. The molecule has 0 aromatic carbocycles. The van der Waals surface area contributed by atoms with E-state index in [9.17, 15) is 4.79 Å². The first-order valence-corrected chi connectivity index (χ1v) is 8.25. The fraction of sp³-hybridized carbons (Fsp3) is 0.529. The van der Waals surface area contributed by atoms with E-state index in [4.69, 9.17) is 13.7 Å². The minimum atomic E-state index is -0.103. The van der Waals surface area contributed by atoms with Crippen molar-refractivity contribution < 1.29 is 18.5 Å². The number of hydrogen-bond donors (Lipinski definition) is 1. The summed E-state index contributed by atoms with van der Waals surface area (Å²) >= 11 is 0. The maximum Gasteiger partial charge on any atom is 0.226 e. The predicted octanol–water partition coefficient (Wildman–Crippen LogP) is 1.34. The number of nitrogens with one attached hydrogen (secondary N) is 1. The second kappa shape index (κ2) is 6.41. The van der Waals surface area contributed by atoms with E-state index >= 15 is 0 Å². The summed E-state index contributed by atoms with van der Waals surface area (Å²) in [5.74, 6) is 1.74. The highest BCUT2D eigenvalue weighted by atomic mass is 16.5. The highest BCUT2D eigenvalue weighted by Gasteiger charge is 2.46. The molecule has 0 radical (unpaired) electrons. The van der Waals surface area contributed by atoms with Gasteiger partial charge in [0, 0.05) is 31.6 Å². The zero-order valence-electron chi connectivity index (χ0n) is 13.6. The van der Waals surface area contributed by atoms with Crippen molar-refractivity contribution in [3.63, 3.8) is 0 Å². The number of fused-ring (bicyclic) bond motifs is 1. The third kappa shape index (κ3) is 3.09. The Bertz CT molecular complexity index is 697. The maximum absolute atomic E-state index is 12.5. The summed E-state index contributed by atoms with van der Waals surface area (Å²) in [7, 11) is 0. The molecule has 7 heteroatoms. The van der Waals surface area contributed by atoms with Crippen LogP contribution in [0.5, 0.6) is 0 Å². The lowest BCUT2D eigenvalue weighted by atomic mass is 9.92. The van der Waals surface area contributed by atoms with Gasteiger partial charge in [-0.05, 0) is 19.1 Å². The van der Waals surface area contributed by atoms with E-state index in [1.807, 2.05) is 25.1 Å². The molecule has 2 saturated heterocycles. The lowest BCUT2D eigenvalue weighted by Gasteiger charge is -2.18. The van der Waals surface area contributed by atoms with E-state index in [-0.39, 0.29) is 23.8 Å². The Balaban J connectivity index is 1.33. The van der Waals surface area contributed by atoms with Crippen molar-refractivity contribution in [3.05, 3.63) is 41.7 Å². The summed E-state index contributed by atoms with van der Waals surface area (Å²) in [4.78, 5) is 14.7. The zero-order chi connectivity index (χ0) is 16.5. The van der Waals surface area contributed by atoms with Gasteiger partial charge in [0.2, 0.25) is 5.91 Å².